The fourth-order valence-corrected chi connectivity index (χ4v) is 5.69. The zero-order valence-electron chi connectivity index (χ0n) is 15.5. The monoisotopic (exact) mass is 470 g/mol. The largest absolute Gasteiger partial charge is 0.417 e. The van der Waals surface area contributed by atoms with E-state index in [9.17, 15) is 22.2 Å². The number of hydrogen-bond acceptors (Lipinski definition) is 5. The van der Waals surface area contributed by atoms with Crippen molar-refractivity contribution < 1.29 is 22.2 Å². The number of thioether (sulfide) groups is 1. The number of aromatic nitrogens is 1. The van der Waals surface area contributed by atoms with Crippen LogP contribution in [0.3, 0.4) is 0 Å². The predicted molar refractivity (Wildman–Crippen MR) is 113 cm³/mol. The Bertz CT molecular complexity index is 1020. The van der Waals surface area contributed by atoms with Gasteiger partial charge in [0.1, 0.15) is 5.03 Å². The van der Waals surface area contributed by atoms with E-state index in [2.05, 4.69) is 10.3 Å². The summed E-state index contributed by atoms with van der Waals surface area (Å²) in [5.41, 5.74) is -0.514. The number of nitrogens with one attached hydrogen (secondary N) is 1. The first-order chi connectivity index (χ1) is 14.4. The maximum Gasteiger partial charge on any atom is 0.417 e. The van der Waals surface area contributed by atoms with Gasteiger partial charge in [0.15, 0.2) is 0 Å². The standard InChI is InChI=1S/C20H17F3N2O2S3/c21-20(22,23)16-7-1-2-8-17(16)30(27)12-11-29-19-15(6-3-9-24-19)18(26)25-13-14-5-4-10-28-14/h1-10H,11-13H2,(H,25,26). The number of pyridine rings is 1. The number of nitrogens with zero attached hydrogens (tertiary/aromatic N) is 1. The van der Waals surface area contributed by atoms with Crippen LogP contribution in [0, 0.1) is 0 Å². The van der Waals surface area contributed by atoms with Crippen molar-refractivity contribution in [3.8, 4) is 0 Å². The van der Waals surface area contributed by atoms with Crippen LogP contribution in [0.4, 0.5) is 13.2 Å². The number of amides is 1. The van der Waals surface area contributed by atoms with Crippen molar-refractivity contribution in [3.63, 3.8) is 0 Å². The van der Waals surface area contributed by atoms with Crippen molar-refractivity contribution in [1.82, 2.24) is 10.3 Å². The fraction of sp³-hybridized carbons (Fsp3) is 0.200. The van der Waals surface area contributed by atoms with Gasteiger partial charge in [0, 0.05) is 22.6 Å². The second-order valence-electron chi connectivity index (χ2n) is 6.01. The van der Waals surface area contributed by atoms with Gasteiger partial charge in [-0.3, -0.25) is 9.00 Å². The summed E-state index contributed by atoms with van der Waals surface area (Å²) in [6.45, 7) is 0.397. The molecule has 1 unspecified atom stereocenters. The minimum atomic E-state index is -4.56. The molecule has 0 saturated heterocycles. The first-order valence-corrected chi connectivity index (χ1v) is 12.0. The molecule has 0 aliphatic rings. The summed E-state index contributed by atoms with van der Waals surface area (Å²) >= 11 is 2.72. The van der Waals surface area contributed by atoms with Gasteiger partial charge in [0.25, 0.3) is 5.91 Å². The van der Waals surface area contributed by atoms with Crippen LogP contribution in [0.5, 0.6) is 0 Å². The minimum absolute atomic E-state index is 0.00455. The number of halogens is 3. The summed E-state index contributed by atoms with van der Waals surface area (Å²) in [5.74, 6) is -0.0338. The van der Waals surface area contributed by atoms with Crippen molar-refractivity contribution in [2.75, 3.05) is 11.5 Å². The number of benzene rings is 1. The summed E-state index contributed by atoms with van der Waals surface area (Å²) in [6, 6.07) is 11.9. The molecule has 1 aromatic carbocycles. The molecule has 1 atom stereocenters. The van der Waals surface area contributed by atoms with E-state index >= 15 is 0 Å². The summed E-state index contributed by atoms with van der Waals surface area (Å²) in [5, 5.41) is 5.19. The molecule has 0 spiro atoms. The van der Waals surface area contributed by atoms with Crippen LogP contribution < -0.4 is 5.32 Å². The molecule has 4 nitrogen and oxygen atoms in total. The maximum absolute atomic E-state index is 13.1. The first kappa shape index (κ1) is 22.5. The molecule has 2 aromatic heterocycles. The van der Waals surface area contributed by atoms with Gasteiger partial charge in [-0.05, 0) is 35.7 Å². The molecule has 30 heavy (non-hydrogen) atoms. The second kappa shape index (κ2) is 10.2. The molecular formula is C20H17F3N2O2S3. The van der Waals surface area contributed by atoms with Gasteiger partial charge in [-0.1, -0.05) is 18.2 Å². The molecule has 1 amide bonds. The van der Waals surface area contributed by atoms with E-state index in [0.717, 1.165) is 10.9 Å². The first-order valence-electron chi connectivity index (χ1n) is 8.79. The highest BCUT2D eigenvalue weighted by Crippen LogP contribution is 2.33. The molecule has 10 heteroatoms. The van der Waals surface area contributed by atoms with Crippen molar-refractivity contribution in [2.45, 2.75) is 22.6 Å². The number of carbonyl (C=O) groups is 1. The lowest BCUT2D eigenvalue weighted by atomic mass is 10.2. The average Bonchev–Trinajstić information content (AvgIpc) is 3.25. The number of rotatable bonds is 8. The van der Waals surface area contributed by atoms with Gasteiger partial charge in [0.2, 0.25) is 0 Å². The minimum Gasteiger partial charge on any atom is -0.347 e. The lowest BCUT2D eigenvalue weighted by molar-refractivity contribution is -0.139. The van der Waals surface area contributed by atoms with Crippen LogP contribution in [-0.4, -0.2) is 26.6 Å². The van der Waals surface area contributed by atoms with E-state index in [0.29, 0.717) is 17.1 Å². The van der Waals surface area contributed by atoms with Crippen LogP contribution in [-0.2, 0) is 23.5 Å². The Labute approximate surface area is 182 Å². The van der Waals surface area contributed by atoms with E-state index in [1.807, 2.05) is 17.5 Å². The Kier molecular flexibility index (Phi) is 7.68. The third-order valence-corrected chi connectivity index (χ3v) is 7.53. The third-order valence-electron chi connectivity index (χ3n) is 3.96. The highest BCUT2D eigenvalue weighted by Gasteiger charge is 2.34. The smallest absolute Gasteiger partial charge is 0.347 e. The Morgan fingerprint density at radius 1 is 1.13 bits per heavy atom. The second-order valence-corrected chi connectivity index (χ2v) is 9.67. The number of thiophene rings is 1. The van der Waals surface area contributed by atoms with Crippen LogP contribution in [0.2, 0.25) is 0 Å². The quantitative estimate of drug-likeness (QED) is 0.471. The lowest BCUT2D eigenvalue weighted by Gasteiger charge is -2.12. The molecule has 0 radical (unpaired) electrons. The van der Waals surface area contributed by atoms with E-state index in [1.54, 1.807) is 12.1 Å². The van der Waals surface area contributed by atoms with Gasteiger partial charge < -0.3 is 5.32 Å². The van der Waals surface area contributed by atoms with Crippen molar-refractivity contribution in [3.05, 3.63) is 76.1 Å². The van der Waals surface area contributed by atoms with Gasteiger partial charge in [0.05, 0.1) is 33.4 Å². The van der Waals surface area contributed by atoms with Crippen LogP contribution in [0.25, 0.3) is 0 Å². The molecule has 0 saturated carbocycles. The van der Waals surface area contributed by atoms with E-state index in [4.69, 9.17) is 0 Å². The third kappa shape index (κ3) is 5.93. The van der Waals surface area contributed by atoms with E-state index in [-0.39, 0.29) is 22.3 Å². The zero-order chi connectivity index (χ0) is 21.6. The van der Waals surface area contributed by atoms with Crippen LogP contribution >= 0.6 is 23.1 Å². The molecular weight excluding hydrogens is 453 g/mol. The van der Waals surface area contributed by atoms with Crippen LogP contribution in [0.15, 0.2) is 70.0 Å². The maximum atomic E-state index is 13.1. The van der Waals surface area contributed by atoms with E-state index < -0.39 is 22.5 Å². The molecule has 1 N–H and O–H groups in total. The molecule has 0 fully saturated rings. The topological polar surface area (TPSA) is 59.1 Å². The van der Waals surface area contributed by atoms with Crippen molar-refractivity contribution in [2.24, 2.45) is 0 Å². The summed E-state index contributed by atoms with van der Waals surface area (Å²) in [4.78, 5) is 17.5. The van der Waals surface area contributed by atoms with Crippen LogP contribution in [0.1, 0.15) is 20.8 Å². The molecule has 0 aliphatic carbocycles. The lowest BCUT2D eigenvalue weighted by Crippen LogP contribution is -2.23. The molecule has 158 valence electrons. The highest BCUT2D eigenvalue weighted by molar-refractivity contribution is 8.00. The Balaban J connectivity index is 1.62. The van der Waals surface area contributed by atoms with Gasteiger partial charge >= 0.3 is 6.18 Å². The van der Waals surface area contributed by atoms with Crippen molar-refractivity contribution >= 4 is 39.8 Å². The molecule has 0 bridgehead atoms. The zero-order valence-corrected chi connectivity index (χ0v) is 18.0. The summed E-state index contributed by atoms with van der Waals surface area (Å²) in [6.07, 6.45) is -3.03. The summed E-state index contributed by atoms with van der Waals surface area (Å²) < 4.78 is 51.8. The molecule has 0 aliphatic heterocycles. The number of alkyl halides is 3. The Hall–Kier alpha value is -2.17. The van der Waals surface area contributed by atoms with Crippen molar-refractivity contribution in [1.29, 1.82) is 0 Å². The fourth-order valence-electron chi connectivity index (χ4n) is 2.58. The Morgan fingerprint density at radius 2 is 1.93 bits per heavy atom. The van der Waals surface area contributed by atoms with Gasteiger partial charge in [-0.15, -0.1) is 23.1 Å². The van der Waals surface area contributed by atoms with E-state index in [1.165, 1.54) is 47.5 Å². The number of carbonyl (C=O) groups excluding carboxylic acids is 1. The number of hydrogen-bond donors (Lipinski definition) is 1. The average molecular weight is 471 g/mol. The summed E-state index contributed by atoms with van der Waals surface area (Å²) in [7, 11) is -1.82. The molecule has 3 rings (SSSR count). The molecule has 3 aromatic rings. The SMILES string of the molecule is O=C(NCc1cccs1)c1cccnc1SCCS(=O)c1ccccc1C(F)(F)F. The highest BCUT2D eigenvalue weighted by atomic mass is 32.2. The van der Waals surface area contributed by atoms with Gasteiger partial charge in [-0.25, -0.2) is 4.98 Å². The molecule has 2 heterocycles. The van der Waals surface area contributed by atoms with Gasteiger partial charge in [-0.2, -0.15) is 13.2 Å². The normalized spacial score (nSPS) is 12.5. The Morgan fingerprint density at radius 3 is 2.67 bits per heavy atom. The predicted octanol–water partition coefficient (Wildman–Crippen LogP) is 4.99.